The first kappa shape index (κ1) is 33.6. The molecule has 230 valence electrons. The Hall–Kier alpha value is -3.88. The number of nitrogens with one attached hydrogen (secondary N) is 2. The average molecular weight is 592 g/mol. The second-order valence-electron chi connectivity index (χ2n) is 10.9. The van der Waals surface area contributed by atoms with Crippen LogP contribution in [-0.2, 0) is 13.0 Å². The van der Waals surface area contributed by atoms with Gasteiger partial charge in [-0.3, -0.25) is 9.59 Å². The molecule has 0 aliphatic rings. The number of carbonyl (C=O) groups is 2. The van der Waals surface area contributed by atoms with Gasteiger partial charge in [-0.05, 0) is 85.7 Å². The average Bonchev–Trinajstić information content (AvgIpc) is 2.96. The van der Waals surface area contributed by atoms with Gasteiger partial charge in [0.1, 0.15) is 11.6 Å². The number of aryl methyl sites for hydroxylation is 1. The topological polar surface area (TPSA) is 81.7 Å². The van der Waals surface area contributed by atoms with Crippen molar-refractivity contribution in [2.24, 2.45) is 0 Å². The lowest BCUT2D eigenvalue weighted by Crippen LogP contribution is -2.48. The van der Waals surface area contributed by atoms with Gasteiger partial charge in [0.05, 0.1) is 12.1 Å². The fraction of sp³-hybridized carbons (Fsp3) is 0.371. The van der Waals surface area contributed by atoms with Crippen LogP contribution in [0.4, 0.5) is 8.78 Å². The molecule has 0 spiro atoms. The Labute approximate surface area is 253 Å². The molecular weight excluding hydrogens is 548 g/mol. The molecule has 6 nitrogen and oxygen atoms in total. The van der Waals surface area contributed by atoms with Crippen molar-refractivity contribution in [1.82, 2.24) is 15.5 Å². The lowest BCUT2D eigenvalue weighted by molar-refractivity contribution is 0.0755. The number of halogens is 2. The highest BCUT2D eigenvalue weighted by molar-refractivity contribution is 6.00. The molecule has 2 amide bonds. The predicted octanol–water partition coefficient (Wildman–Crippen LogP) is 6.06. The van der Waals surface area contributed by atoms with E-state index in [0.717, 1.165) is 35.6 Å². The molecule has 0 bridgehead atoms. The van der Waals surface area contributed by atoms with Crippen molar-refractivity contribution in [2.45, 2.75) is 65.6 Å². The smallest absolute Gasteiger partial charge is 0.253 e. The van der Waals surface area contributed by atoms with Gasteiger partial charge in [-0.25, -0.2) is 8.78 Å². The molecule has 3 aromatic rings. The number of allylic oxidation sites excluding steroid dienone is 1. The summed E-state index contributed by atoms with van der Waals surface area (Å²) in [6, 6.07) is 15.2. The minimum absolute atomic E-state index is 0.00156. The normalized spacial score (nSPS) is 12.7. The van der Waals surface area contributed by atoms with Crippen LogP contribution in [0.25, 0.3) is 6.08 Å². The van der Waals surface area contributed by atoms with Gasteiger partial charge in [0.25, 0.3) is 11.8 Å². The van der Waals surface area contributed by atoms with Crippen LogP contribution in [0.2, 0.25) is 0 Å². The van der Waals surface area contributed by atoms with E-state index in [-0.39, 0.29) is 24.4 Å². The zero-order chi connectivity index (χ0) is 31.4. The molecule has 0 saturated carbocycles. The third-order valence-corrected chi connectivity index (χ3v) is 7.01. The van der Waals surface area contributed by atoms with Crippen molar-refractivity contribution >= 4 is 17.9 Å². The number of rotatable bonds is 15. The Morgan fingerprint density at radius 3 is 2.26 bits per heavy atom. The lowest BCUT2D eigenvalue weighted by atomic mass is 9.99. The van der Waals surface area contributed by atoms with Gasteiger partial charge in [0.15, 0.2) is 0 Å². The molecule has 3 N–H and O–H groups in total. The van der Waals surface area contributed by atoms with Gasteiger partial charge >= 0.3 is 0 Å². The Morgan fingerprint density at radius 2 is 1.60 bits per heavy atom. The molecule has 0 heterocycles. The summed E-state index contributed by atoms with van der Waals surface area (Å²) >= 11 is 0. The lowest BCUT2D eigenvalue weighted by Gasteiger charge is -2.25. The van der Waals surface area contributed by atoms with Crippen molar-refractivity contribution in [3.05, 3.63) is 112 Å². The third kappa shape index (κ3) is 10.4. The summed E-state index contributed by atoms with van der Waals surface area (Å²) in [5, 5.41) is 17.3. The molecule has 0 fully saturated rings. The summed E-state index contributed by atoms with van der Waals surface area (Å²) in [5.74, 6) is -2.11. The van der Waals surface area contributed by atoms with E-state index in [0.29, 0.717) is 30.8 Å². The molecule has 0 aromatic heterocycles. The maximum Gasteiger partial charge on any atom is 0.253 e. The van der Waals surface area contributed by atoms with Crippen LogP contribution < -0.4 is 10.6 Å². The molecule has 43 heavy (non-hydrogen) atoms. The highest BCUT2D eigenvalue weighted by Crippen LogP contribution is 2.16. The predicted molar refractivity (Wildman–Crippen MR) is 168 cm³/mol. The van der Waals surface area contributed by atoms with E-state index in [1.165, 1.54) is 12.1 Å². The van der Waals surface area contributed by atoms with E-state index >= 15 is 0 Å². The van der Waals surface area contributed by atoms with E-state index in [4.69, 9.17) is 0 Å². The maximum atomic E-state index is 14.0. The first-order valence-corrected chi connectivity index (χ1v) is 14.9. The maximum absolute atomic E-state index is 14.0. The third-order valence-electron chi connectivity index (χ3n) is 7.01. The summed E-state index contributed by atoms with van der Waals surface area (Å²) in [6.07, 6.45) is 4.51. The fourth-order valence-corrected chi connectivity index (χ4v) is 5.10. The molecule has 0 aliphatic heterocycles. The standard InChI is InChI=1S/C35H43F2N3O3/c1-5-9-25-10-8-11-26(16-25)22-38-23-33(41)32(19-27-17-30(36)21-31(37)18-27)39-34(42)28-14-24(4)15-29(20-28)35(43)40(12-6-2)13-7-3/h5,8-11,14-18,20-21,32-33,38,41H,6-7,12-13,19,22-23H2,1-4H3,(H,39,42). The minimum Gasteiger partial charge on any atom is -0.390 e. The Morgan fingerprint density at radius 1 is 0.930 bits per heavy atom. The van der Waals surface area contributed by atoms with Crippen molar-refractivity contribution in [2.75, 3.05) is 19.6 Å². The summed E-state index contributed by atoms with van der Waals surface area (Å²) in [5.41, 5.74) is 3.81. The summed E-state index contributed by atoms with van der Waals surface area (Å²) in [4.78, 5) is 28.5. The monoisotopic (exact) mass is 591 g/mol. The van der Waals surface area contributed by atoms with Crippen molar-refractivity contribution in [3.8, 4) is 0 Å². The summed E-state index contributed by atoms with van der Waals surface area (Å²) in [7, 11) is 0. The van der Waals surface area contributed by atoms with Crippen LogP contribution in [0.1, 0.15) is 76.6 Å². The van der Waals surface area contributed by atoms with Crippen LogP contribution in [0.15, 0.2) is 66.7 Å². The van der Waals surface area contributed by atoms with Gasteiger partial charge in [-0.2, -0.15) is 0 Å². The Bertz CT molecular complexity index is 1380. The molecule has 3 rings (SSSR count). The first-order chi connectivity index (χ1) is 20.6. The second-order valence-corrected chi connectivity index (χ2v) is 10.9. The van der Waals surface area contributed by atoms with E-state index in [2.05, 4.69) is 10.6 Å². The molecule has 0 saturated heterocycles. The minimum atomic E-state index is -1.08. The molecule has 0 radical (unpaired) electrons. The van der Waals surface area contributed by atoms with Crippen molar-refractivity contribution < 1.29 is 23.5 Å². The summed E-state index contributed by atoms with van der Waals surface area (Å²) in [6.45, 7) is 9.62. The van der Waals surface area contributed by atoms with Crippen molar-refractivity contribution in [1.29, 1.82) is 0 Å². The quantitative estimate of drug-likeness (QED) is 0.201. The zero-order valence-electron chi connectivity index (χ0n) is 25.5. The van der Waals surface area contributed by atoms with Gasteiger partial charge in [-0.1, -0.05) is 50.3 Å². The molecule has 2 unspecified atom stereocenters. The van der Waals surface area contributed by atoms with Crippen LogP contribution in [0.3, 0.4) is 0 Å². The van der Waals surface area contributed by atoms with Gasteiger partial charge < -0.3 is 20.6 Å². The zero-order valence-corrected chi connectivity index (χ0v) is 25.5. The number of hydrogen-bond donors (Lipinski definition) is 3. The number of aliphatic hydroxyl groups is 1. The largest absolute Gasteiger partial charge is 0.390 e. The second kappa shape index (κ2) is 16.7. The van der Waals surface area contributed by atoms with Crippen LogP contribution in [0, 0.1) is 18.6 Å². The molecule has 3 aromatic carbocycles. The van der Waals surface area contributed by atoms with E-state index in [9.17, 15) is 23.5 Å². The van der Waals surface area contributed by atoms with E-state index < -0.39 is 29.7 Å². The SMILES string of the molecule is CC=Cc1cccc(CNCC(O)C(Cc2cc(F)cc(F)c2)NC(=O)c2cc(C)cc(C(=O)N(CCC)CCC)c2)c1. The summed E-state index contributed by atoms with van der Waals surface area (Å²) < 4.78 is 28.0. The number of hydrogen-bond acceptors (Lipinski definition) is 4. The van der Waals surface area contributed by atoms with Crippen LogP contribution in [-0.4, -0.2) is 53.6 Å². The van der Waals surface area contributed by atoms with Crippen LogP contribution in [0.5, 0.6) is 0 Å². The number of aliphatic hydroxyl groups excluding tert-OH is 1. The van der Waals surface area contributed by atoms with Crippen LogP contribution >= 0.6 is 0 Å². The first-order valence-electron chi connectivity index (χ1n) is 14.9. The Kier molecular flexibility index (Phi) is 13.0. The fourth-order valence-electron chi connectivity index (χ4n) is 5.10. The van der Waals surface area contributed by atoms with Gasteiger partial charge in [0.2, 0.25) is 0 Å². The van der Waals surface area contributed by atoms with E-state index in [1.54, 1.807) is 23.1 Å². The Balaban J connectivity index is 1.80. The number of benzene rings is 3. The number of nitrogens with zero attached hydrogens (tertiary/aromatic N) is 1. The number of amides is 2. The van der Waals surface area contributed by atoms with Crippen molar-refractivity contribution in [3.63, 3.8) is 0 Å². The molecule has 8 heteroatoms. The molecule has 2 atom stereocenters. The number of carbonyl (C=O) groups excluding carboxylic acids is 2. The van der Waals surface area contributed by atoms with Gasteiger partial charge in [0, 0.05) is 43.4 Å². The molecular formula is C35H43F2N3O3. The van der Waals surface area contributed by atoms with Gasteiger partial charge in [-0.15, -0.1) is 0 Å². The van der Waals surface area contributed by atoms with E-state index in [1.807, 2.05) is 64.1 Å². The highest BCUT2D eigenvalue weighted by Gasteiger charge is 2.24. The highest BCUT2D eigenvalue weighted by atomic mass is 19.1. The molecule has 0 aliphatic carbocycles.